The fourth-order valence-electron chi connectivity index (χ4n) is 1.30. The smallest absolute Gasteiger partial charge is 0.165 e. The molecule has 0 aliphatic heterocycles. The van der Waals surface area contributed by atoms with E-state index in [2.05, 4.69) is 31.9 Å². The zero-order valence-corrected chi connectivity index (χ0v) is 13.7. The molecule has 0 unspecified atom stereocenters. The summed E-state index contributed by atoms with van der Waals surface area (Å²) in [6, 6.07) is 9.01. The number of aliphatic hydroxyl groups is 1. The first-order valence-corrected chi connectivity index (χ1v) is 7.10. The largest absolute Gasteiger partial charge is 0.494 e. The molecule has 0 aliphatic rings. The molecule has 20 heavy (non-hydrogen) atoms. The molecule has 2 nitrogen and oxygen atoms in total. The molecule has 0 fully saturated rings. The van der Waals surface area contributed by atoms with Gasteiger partial charge in [-0.3, -0.25) is 0 Å². The monoisotopic (exact) mass is 408 g/mol. The fraction of sp³-hybridized carbons (Fsp3) is 0.143. The lowest BCUT2D eigenvalue weighted by Gasteiger charge is -1.99. The lowest BCUT2D eigenvalue weighted by molar-refractivity contribution is 0.275. The average Bonchev–Trinajstić information content (AvgIpc) is 2.44. The lowest BCUT2D eigenvalue weighted by atomic mass is 10.2. The molecule has 0 aliphatic carbocycles. The van der Waals surface area contributed by atoms with E-state index in [1.54, 1.807) is 24.3 Å². The molecule has 6 heteroatoms. The Labute approximate surface area is 132 Å². The second kappa shape index (κ2) is 8.34. The number of hydrogen-bond donors (Lipinski definition) is 1. The molecular weight excluding hydrogens is 398 g/mol. The number of aliphatic hydroxyl groups excluding tert-OH is 1. The van der Waals surface area contributed by atoms with Gasteiger partial charge < -0.3 is 9.84 Å². The van der Waals surface area contributed by atoms with Gasteiger partial charge in [-0.15, -0.1) is 0 Å². The van der Waals surface area contributed by atoms with Crippen LogP contribution in [-0.2, 0) is 6.61 Å². The zero-order valence-electron chi connectivity index (χ0n) is 10.5. The van der Waals surface area contributed by atoms with Crippen LogP contribution in [0.2, 0.25) is 0 Å². The Morgan fingerprint density at radius 1 is 1.00 bits per heavy atom. The van der Waals surface area contributed by atoms with Crippen molar-refractivity contribution >= 4 is 31.9 Å². The second-order valence-corrected chi connectivity index (χ2v) is 5.50. The summed E-state index contributed by atoms with van der Waals surface area (Å²) >= 11 is 6.35. The SMILES string of the molecule is COc1cc(Br)ccc1F.OCc1cc(Br)ccc1F. The third-order valence-corrected chi connectivity index (χ3v) is 3.28. The predicted molar refractivity (Wildman–Crippen MR) is 80.7 cm³/mol. The fourth-order valence-corrected chi connectivity index (χ4v) is 2.05. The molecule has 0 saturated heterocycles. The molecule has 108 valence electrons. The molecule has 2 rings (SSSR count). The number of methoxy groups -OCH3 is 1. The third-order valence-electron chi connectivity index (χ3n) is 2.29. The summed E-state index contributed by atoms with van der Waals surface area (Å²) in [5, 5.41) is 8.58. The molecule has 1 N–H and O–H groups in total. The van der Waals surface area contributed by atoms with Crippen molar-refractivity contribution in [1.82, 2.24) is 0 Å². The number of ether oxygens (including phenoxy) is 1. The minimum absolute atomic E-state index is 0.259. The van der Waals surface area contributed by atoms with Gasteiger partial charge >= 0.3 is 0 Å². The second-order valence-electron chi connectivity index (χ2n) is 3.67. The molecular formula is C14H12Br2F2O2. The van der Waals surface area contributed by atoms with Gasteiger partial charge in [0.05, 0.1) is 13.7 Å². The van der Waals surface area contributed by atoms with Crippen molar-refractivity contribution in [2.75, 3.05) is 7.11 Å². The first kappa shape index (κ1) is 17.1. The van der Waals surface area contributed by atoms with E-state index in [0.717, 1.165) is 8.95 Å². The summed E-state index contributed by atoms with van der Waals surface area (Å²) in [6.07, 6.45) is 0. The van der Waals surface area contributed by atoms with Crippen molar-refractivity contribution < 1.29 is 18.6 Å². The van der Waals surface area contributed by atoms with Gasteiger partial charge in [-0.1, -0.05) is 31.9 Å². The van der Waals surface area contributed by atoms with Crippen LogP contribution in [0, 0.1) is 11.6 Å². The van der Waals surface area contributed by atoms with Crippen LogP contribution in [0.25, 0.3) is 0 Å². The van der Waals surface area contributed by atoms with Gasteiger partial charge in [-0.25, -0.2) is 8.78 Å². The van der Waals surface area contributed by atoms with Gasteiger partial charge in [0.25, 0.3) is 0 Å². The maximum absolute atomic E-state index is 12.6. The first-order chi connectivity index (χ1) is 9.47. The number of hydrogen-bond acceptors (Lipinski definition) is 2. The number of halogens is 4. The topological polar surface area (TPSA) is 29.5 Å². The highest BCUT2D eigenvalue weighted by Crippen LogP contribution is 2.21. The normalized spacial score (nSPS) is 9.70. The molecule has 0 aromatic heterocycles. The highest BCUT2D eigenvalue weighted by Gasteiger charge is 2.00. The lowest BCUT2D eigenvalue weighted by Crippen LogP contribution is -1.87. The van der Waals surface area contributed by atoms with Crippen molar-refractivity contribution in [1.29, 1.82) is 0 Å². The van der Waals surface area contributed by atoms with E-state index in [-0.39, 0.29) is 24.0 Å². The van der Waals surface area contributed by atoms with Crippen LogP contribution >= 0.6 is 31.9 Å². The summed E-state index contributed by atoms with van der Waals surface area (Å²) in [5.41, 5.74) is 0.314. The van der Waals surface area contributed by atoms with Gasteiger partial charge in [0.2, 0.25) is 0 Å². The van der Waals surface area contributed by atoms with Crippen molar-refractivity contribution in [3.8, 4) is 5.75 Å². The minimum Gasteiger partial charge on any atom is -0.494 e. The summed E-state index contributed by atoms with van der Waals surface area (Å²) < 4.78 is 31.5. The molecule has 0 amide bonds. The molecule has 2 aromatic rings. The standard InChI is InChI=1S/2C7H6BrFO/c1-10-7-4-5(8)2-3-6(7)9;8-6-1-2-7(9)5(3-6)4-10/h2-4H,1H3;1-3,10H,4H2. The Kier molecular flexibility index (Phi) is 7.12. The Morgan fingerprint density at radius 3 is 2.00 bits per heavy atom. The molecule has 0 spiro atoms. The first-order valence-electron chi connectivity index (χ1n) is 5.51. The van der Waals surface area contributed by atoms with E-state index in [4.69, 9.17) is 9.84 Å². The summed E-state index contributed by atoms with van der Waals surface area (Å²) in [4.78, 5) is 0. The van der Waals surface area contributed by atoms with E-state index in [1.807, 2.05) is 0 Å². The van der Waals surface area contributed by atoms with Crippen LogP contribution in [-0.4, -0.2) is 12.2 Å². The van der Waals surface area contributed by atoms with E-state index in [9.17, 15) is 8.78 Å². The molecule has 0 saturated carbocycles. The average molecular weight is 410 g/mol. The van der Waals surface area contributed by atoms with Crippen LogP contribution in [0.15, 0.2) is 45.3 Å². The van der Waals surface area contributed by atoms with E-state index in [0.29, 0.717) is 5.56 Å². The number of benzene rings is 2. The Hall–Kier alpha value is -0.980. The van der Waals surface area contributed by atoms with Crippen molar-refractivity contribution in [3.05, 3.63) is 62.5 Å². The Morgan fingerprint density at radius 2 is 1.55 bits per heavy atom. The van der Waals surface area contributed by atoms with Crippen molar-refractivity contribution in [2.45, 2.75) is 6.61 Å². The molecule has 0 atom stereocenters. The van der Waals surface area contributed by atoms with Crippen LogP contribution in [0.3, 0.4) is 0 Å². The molecule has 0 bridgehead atoms. The Balaban J connectivity index is 0.000000200. The van der Waals surface area contributed by atoms with E-state index >= 15 is 0 Å². The maximum Gasteiger partial charge on any atom is 0.165 e. The quantitative estimate of drug-likeness (QED) is 0.780. The highest BCUT2D eigenvalue weighted by atomic mass is 79.9. The molecule has 0 radical (unpaired) electrons. The minimum atomic E-state index is -0.370. The van der Waals surface area contributed by atoms with Crippen molar-refractivity contribution in [3.63, 3.8) is 0 Å². The predicted octanol–water partition coefficient (Wildman–Crippen LogP) is 4.68. The van der Waals surface area contributed by atoms with E-state index < -0.39 is 0 Å². The van der Waals surface area contributed by atoms with Crippen LogP contribution in [0.5, 0.6) is 5.75 Å². The highest BCUT2D eigenvalue weighted by molar-refractivity contribution is 9.10. The van der Waals surface area contributed by atoms with Crippen LogP contribution in [0.1, 0.15) is 5.56 Å². The summed E-state index contributed by atoms with van der Waals surface area (Å²) in [6.45, 7) is -0.259. The van der Waals surface area contributed by atoms with Crippen LogP contribution < -0.4 is 4.74 Å². The zero-order chi connectivity index (χ0) is 15.1. The van der Waals surface area contributed by atoms with Gasteiger partial charge in [0.15, 0.2) is 11.6 Å². The third kappa shape index (κ3) is 5.19. The van der Waals surface area contributed by atoms with Gasteiger partial charge in [-0.05, 0) is 36.4 Å². The van der Waals surface area contributed by atoms with Crippen molar-refractivity contribution in [2.24, 2.45) is 0 Å². The van der Waals surface area contributed by atoms with E-state index in [1.165, 1.54) is 19.2 Å². The van der Waals surface area contributed by atoms with Gasteiger partial charge in [-0.2, -0.15) is 0 Å². The van der Waals surface area contributed by atoms with Gasteiger partial charge in [0, 0.05) is 14.5 Å². The number of rotatable bonds is 2. The molecule has 2 aromatic carbocycles. The Bertz CT molecular complexity index is 526. The maximum atomic E-state index is 12.6. The van der Waals surface area contributed by atoms with Crippen LogP contribution in [0.4, 0.5) is 8.78 Å². The summed E-state index contributed by atoms with van der Waals surface area (Å²) in [7, 11) is 1.44. The van der Waals surface area contributed by atoms with Gasteiger partial charge in [0.1, 0.15) is 5.82 Å². The molecule has 0 heterocycles. The summed E-state index contributed by atoms with van der Waals surface area (Å²) in [5.74, 6) is -0.453.